The van der Waals surface area contributed by atoms with E-state index in [4.69, 9.17) is 4.74 Å². The van der Waals surface area contributed by atoms with Gasteiger partial charge in [-0.25, -0.2) is 0 Å². The predicted octanol–water partition coefficient (Wildman–Crippen LogP) is 8.85. The molecule has 0 aliphatic rings. The van der Waals surface area contributed by atoms with Gasteiger partial charge in [-0.1, -0.05) is 136 Å². The minimum Gasteiger partial charge on any atom is -0.380 e. The van der Waals surface area contributed by atoms with Crippen LogP contribution in [0.1, 0.15) is 149 Å². The lowest BCUT2D eigenvalue weighted by atomic mass is 10.0. The SMILES string of the molecule is CCCCCCCCCCCCCC(OCCCCCCCCCCC)C(O)S. The van der Waals surface area contributed by atoms with Crippen LogP contribution in [-0.2, 0) is 4.74 Å². The summed E-state index contributed by atoms with van der Waals surface area (Å²) in [4.78, 5) is 0. The van der Waals surface area contributed by atoms with Crippen molar-refractivity contribution in [3.8, 4) is 0 Å². The van der Waals surface area contributed by atoms with Crippen molar-refractivity contribution in [3.63, 3.8) is 0 Å². The van der Waals surface area contributed by atoms with E-state index in [0.29, 0.717) is 0 Å². The van der Waals surface area contributed by atoms with Crippen molar-refractivity contribution in [1.29, 1.82) is 0 Å². The second-order valence-corrected chi connectivity index (χ2v) is 9.50. The number of hydrogen-bond acceptors (Lipinski definition) is 3. The average molecular weight is 431 g/mol. The number of hydrogen-bond donors (Lipinski definition) is 2. The number of rotatable bonds is 24. The normalized spacial score (nSPS) is 13.7. The van der Waals surface area contributed by atoms with Crippen molar-refractivity contribution in [2.75, 3.05) is 6.61 Å². The van der Waals surface area contributed by atoms with Crippen molar-refractivity contribution in [2.24, 2.45) is 0 Å². The second kappa shape index (κ2) is 24.5. The third-order valence-electron chi connectivity index (χ3n) is 6.00. The summed E-state index contributed by atoms with van der Waals surface area (Å²) in [6.45, 7) is 5.32. The summed E-state index contributed by atoms with van der Waals surface area (Å²) in [7, 11) is 0. The van der Waals surface area contributed by atoms with Crippen LogP contribution in [0.2, 0.25) is 0 Å². The first-order valence-electron chi connectivity index (χ1n) is 13.2. The molecule has 0 aliphatic carbocycles. The first kappa shape index (κ1) is 29.3. The van der Waals surface area contributed by atoms with Gasteiger partial charge in [0.2, 0.25) is 0 Å². The highest BCUT2D eigenvalue weighted by Crippen LogP contribution is 2.17. The molecule has 0 rings (SSSR count). The fraction of sp³-hybridized carbons (Fsp3) is 1.00. The lowest BCUT2D eigenvalue weighted by Gasteiger charge is -2.20. The van der Waals surface area contributed by atoms with Gasteiger partial charge in [-0.05, 0) is 12.8 Å². The second-order valence-electron chi connectivity index (χ2n) is 8.98. The summed E-state index contributed by atoms with van der Waals surface area (Å²) in [5.41, 5.74) is -0.642. The Morgan fingerprint density at radius 2 is 0.897 bits per heavy atom. The Kier molecular flexibility index (Phi) is 24.8. The molecule has 2 unspecified atom stereocenters. The fourth-order valence-corrected chi connectivity index (χ4v) is 4.21. The van der Waals surface area contributed by atoms with Crippen LogP contribution in [-0.4, -0.2) is 23.3 Å². The van der Waals surface area contributed by atoms with Crippen molar-refractivity contribution >= 4 is 12.6 Å². The van der Waals surface area contributed by atoms with Gasteiger partial charge in [0.25, 0.3) is 0 Å². The molecule has 0 heterocycles. The Morgan fingerprint density at radius 1 is 0.552 bits per heavy atom. The summed E-state index contributed by atoms with van der Waals surface area (Å²) in [6, 6.07) is 0. The third-order valence-corrected chi connectivity index (χ3v) is 6.34. The third kappa shape index (κ3) is 22.8. The fourth-order valence-electron chi connectivity index (χ4n) is 3.98. The maximum atomic E-state index is 9.86. The van der Waals surface area contributed by atoms with Gasteiger partial charge in [-0.2, -0.15) is 0 Å². The molecule has 0 saturated heterocycles. The highest BCUT2D eigenvalue weighted by molar-refractivity contribution is 7.80. The van der Waals surface area contributed by atoms with Crippen LogP contribution in [0.3, 0.4) is 0 Å². The summed E-state index contributed by atoms with van der Waals surface area (Å²) < 4.78 is 5.93. The first-order chi connectivity index (χ1) is 14.2. The predicted molar refractivity (Wildman–Crippen MR) is 133 cm³/mol. The molecule has 0 fully saturated rings. The van der Waals surface area contributed by atoms with Gasteiger partial charge in [0.05, 0.1) is 6.10 Å². The topological polar surface area (TPSA) is 29.5 Å². The Labute approximate surface area is 189 Å². The molecule has 0 saturated carbocycles. The maximum absolute atomic E-state index is 9.86. The Bertz CT molecular complexity index is 296. The van der Waals surface area contributed by atoms with Crippen LogP contribution in [0.15, 0.2) is 0 Å². The molecule has 0 aromatic carbocycles. The molecule has 1 N–H and O–H groups in total. The largest absolute Gasteiger partial charge is 0.380 e. The van der Waals surface area contributed by atoms with Crippen molar-refractivity contribution in [3.05, 3.63) is 0 Å². The first-order valence-corrected chi connectivity index (χ1v) is 13.7. The van der Waals surface area contributed by atoms with Crippen molar-refractivity contribution < 1.29 is 9.84 Å². The van der Waals surface area contributed by atoms with Gasteiger partial charge >= 0.3 is 0 Å². The van der Waals surface area contributed by atoms with Gasteiger partial charge in [0.1, 0.15) is 5.44 Å². The van der Waals surface area contributed by atoms with E-state index in [2.05, 4.69) is 26.5 Å². The van der Waals surface area contributed by atoms with Gasteiger partial charge in [0.15, 0.2) is 0 Å². The van der Waals surface area contributed by atoms with E-state index in [1.165, 1.54) is 116 Å². The average Bonchev–Trinajstić information content (AvgIpc) is 2.71. The summed E-state index contributed by atoms with van der Waals surface area (Å²) in [6.07, 6.45) is 27.7. The number of thiol groups is 1. The van der Waals surface area contributed by atoms with Crippen LogP contribution in [0, 0.1) is 0 Å². The molecule has 2 nitrogen and oxygen atoms in total. The molecule has 0 radical (unpaired) electrons. The Balaban J connectivity index is 3.43. The molecule has 176 valence electrons. The molecular formula is C26H54O2S. The zero-order valence-electron chi connectivity index (χ0n) is 20.0. The van der Waals surface area contributed by atoms with E-state index < -0.39 is 5.44 Å². The van der Waals surface area contributed by atoms with Crippen LogP contribution in [0.25, 0.3) is 0 Å². The van der Waals surface area contributed by atoms with Crippen molar-refractivity contribution in [1.82, 2.24) is 0 Å². The van der Waals surface area contributed by atoms with Crippen LogP contribution < -0.4 is 0 Å². The molecule has 2 atom stereocenters. The van der Waals surface area contributed by atoms with E-state index in [1.54, 1.807) is 0 Å². The van der Waals surface area contributed by atoms with E-state index >= 15 is 0 Å². The van der Waals surface area contributed by atoms with Gasteiger partial charge in [-0.15, -0.1) is 12.6 Å². The van der Waals surface area contributed by atoms with Crippen LogP contribution in [0.4, 0.5) is 0 Å². The standard InChI is InChI=1S/C26H54O2S/c1-3-5-7-9-11-13-14-15-17-19-21-23-25(26(27)29)28-24-22-20-18-16-12-10-8-6-4-2/h25-27,29H,3-24H2,1-2H3. The number of aliphatic hydroxyl groups excluding tert-OH is 1. The Hall–Kier alpha value is 0.270. The molecular weight excluding hydrogens is 376 g/mol. The molecule has 3 heteroatoms. The maximum Gasteiger partial charge on any atom is 0.123 e. The van der Waals surface area contributed by atoms with Crippen molar-refractivity contribution in [2.45, 2.75) is 160 Å². The minimum absolute atomic E-state index is 0.0917. The van der Waals surface area contributed by atoms with E-state index in [1.807, 2.05) is 0 Å². The van der Waals surface area contributed by atoms with Gasteiger partial charge in [0, 0.05) is 6.61 Å². The smallest absolute Gasteiger partial charge is 0.123 e. The summed E-state index contributed by atoms with van der Waals surface area (Å²) >= 11 is 4.23. The molecule has 0 spiro atoms. The van der Waals surface area contributed by atoms with E-state index in [9.17, 15) is 5.11 Å². The van der Waals surface area contributed by atoms with E-state index in [0.717, 1.165) is 25.9 Å². The van der Waals surface area contributed by atoms with E-state index in [-0.39, 0.29) is 6.10 Å². The lowest BCUT2D eigenvalue weighted by molar-refractivity contribution is -0.00796. The van der Waals surface area contributed by atoms with Gasteiger partial charge in [-0.3, -0.25) is 0 Å². The van der Waals surface area contributed by atoms with Crippen LogP contribution >= 0.6 is 12.6 Å². The lowest BCUT2D eigenvalue weighted by Crippen LogP contribution is -2.25. The quantitative estimate of drug-likeness (QED) is 0.0909. The zero-order chi connectivity index (χ0) is 21.4. The van der Waals surface area contributed by atoms with Gasteiger partial charge < -0.3 is 9.84 Å². The van der Waals surface area contributed by atoms with Crippen LogP contribution in [0.5, 0.6) is 0 Å². The number of unbranched alkanes of at least 4 members (excludes halogenated alkanes) is 18. The monoisotopic (exact) mass is 430 g/mol. The molecule has 0 bridgehead atoms. The highest BCUT2D eigenvalue weighted by atomic mass is 32.1. The zero-order valence-corrected chi connectivity index (χ0v) is 20.9. The highest BCUT2D eigenvalue weighted by Gasteiger charge is 2.15. The molecule has 0 amide bonds. The molecule has 0 aromatic rings. The minimum atomic E-state index is -0.642. The summed E-state index contributed by atoms with van der Waals surface area (Å²) in [5.74, 6) is 0. The summed E-state index contributed by atoms with van der Waals surface area (Å²) in [5, 5.41) is 9.86. The molecule has 0 aromatic heterocycles. The molecule has 29 heavy (non-hydrogen) atoms. The molecule has 0 aliphatic heterocycles. The Morgan fingerprint density at radius 3 is 1.28 bits per heavy atom. The number of ether oxygens (including phenoxy) is 1. The number of aliphatic hydroxyl groups is 1.